The van der Waals surface area contributed by atoms with Gasteiger partial charge >= 0.3 is 0 Å². The molecule has 2 aromatic carbocycles. The summed E-state index contributed by atoms with van der Waals surface area (Å²) in [5, 5.41) is 3.83. The van der Waals surface area contributed by atoms with Gasteiger partial charge in [0, 0.05) is 5.02 Å². The highest BCUT2D eigenvalue weighted by Crippen LogP contribution is 2.21. The Hall–Kier alpha value is -2.08. The average Bonchev–Trinajstić information content (AvgIpc) is 2.70. The van der Waals surface area contributed by atoms with Gasteiger partial charge in [-0.25, -0.2) is 0 Å². The fourth-order valence-electron chi connectivity index (χ4n) is 3.30. The van der Waals surface area contributed by atoms with Gasteiger partial charge in [-0.1, -0.05) is 41.4 Å². The smallest absolute Gasteiger partial charge is 0.258 e. The summed E-state index contributed by atoms with van der Waals surface area (Å²) in [4.78, 5) is 14.0. The number of morpholine rings is 1. The van der Waals surface area contributed by atoms with Crippen LogP contribution in [0.3, 0.4) is 0 Å². The molecule has 2 N–H and O–H groups in total. The van der Waals surface area contributed by atoms with Crippen molar-refractivity contribution in [3.8, 4) is 5.75 Å². The lowest BCUT2D eigenvalue weighted by atomic mass is 10.0. The molecule has 1 atom stereocenters. The van der Waals surface area contributed by atoms with E-state index < -0.39 is 0 Å². The average molecular weight is 404 g/mol. The second kappa shape index (κ2) is 9.92. The van der Waals surface area contributed by atoms with Gasteiger partial charge in [0.25, 0.3) is 5.91 Å². The lowest BCUT2D eigenvalue weighted by Crippen LogP contribution is -3.14. The number of nitrogens with one attached hydrogen (secondary N) is 2. The largest absolute Gasteiger partial charge is 0.484 e. The molecule has 28 heavy (non-hydrogen) atoms. The van der Waals surface area contributed by atoms with Gasteiger partial charge in [-0.3, -0.25) is 4.79 Å². The Morgan fingerprint density at radius 2 is 1.89 bits per heavy atom. The number of benzene rings is 2. The van der Waals surface area contributed by atoms with E-state index in [1.54, 1.807) is 12.1 Å². The van der Waals surface area contributed by atoms with Crippen molar-refractivity contribution in [1.29, 1.82) is 0 Å². The highest BCUT2D eigenvalue weighted by molar-refractivity contribution is 6.31. The number of hydrogen-bond donors (Lipinski definition) is 2. The molecule has 1 fully saturated rings. The molecule has 1 heterocycles. The van der Waals surface area contributed by atoms with Crippen LogP contribution in [0.5, 0.6) is 5.75 Å². The van der Waals surface area contributed by atoms with Crippen LogP contribution < -0.4 is 15.0 Å². The van der Waals surface area contributed by atoms with Gasteiger partial charge in [0.15, 0.2) is 6.61 Å². The molecule has 1 aliphatic heterocycles. The van der Waals surface area contributed by atoms with Gasteiger partial charge in [-0.05, 0) is 43.2 Å². The molecule has 0 saturated carbocycles. The third-order valence-corrected chi connectivity index (χ3v) is 5.43. The van der Waals surface area contributed by atoms with E-state index in [9.17, 15) is 4.79 Å². The van der Waals surface area contributed by atoms with E-state index >= 15 is 0 Å². The minimum Gasteiger partial charge on any atom is -0.484 e. The van der Waals surface area contributed by atoms with E-state index in [0.29, 0.717) is 10.8 Å². The van der Waals surface area contributed by atoms with Gasteiger partial charge in [0.1, 0.15) is 31.4 Å². The van der Waals surface area contributed by atoms with E-state index in [2.05, 4.69) is 36.5 Å². The second-order valence-corrected chi connectivity index (χ2v) is 7.70. The Bertz CT molecular complexity index is 789. The quantitative estimate of drug-likeness (QED) is 0.744. The minimum absolute atomic E-state index is 0.0259. The minimum atomic E-state index is -0.133. The fraction of sp³-hybridized carbons (Fsp3) is 0.409. The summed E-state index contributed by atoms with van der Waals surface area (Å²) < 4.78 is 11.1. The number of halogens is 1. The highest BCUT2D eigenvalue weighted by Gasteiger charge is 2.23. The summed E-state index contributed by atoms with van der Waals surface area (Å²) in [5.74, 6) is 0.508. The van der Waals surface area contributed by atoms with Crippen molar-refractivity contribution in [2.75, 3.05) is 39.5 Å². The molecule has 5 nitrogen and oxygen atoms in total. The van der Waals surface area contributed by atoms with E-state index in [4.69, 9.17) is 21.1 Å². The van der Waals surface area contributed by atoms with Gasteiger partial charge in [0.05, 0.1) is 13.2 Å². The molecule has 1 saturated heterocycles. The zero-order valence-corrected chi connectivity index (χ0v) is 17.2. The highest BCUT2D eigenvalue weighted by atomic mass is 35.5. The van der Waals surface area contributed by atoms with Crippen molar-refractivity contribution in [2.24, 2.45) is 0 Å². The number of carbonyl (C=O) groups is 1. The molecular formula is C22H28ClN2O3+. The number of carbonyl (C=O) groups excluding carboxylic acids is 1. The van der Waals surface area contributed by atoms with Crippen molar-refractivity contribution in [2.45, 2.75) is 19.9 Å². The third kappa shape index (κ3) is 5.96. The summed E-state index contributed by atoms with van der Waals surface area (Å²) in [7, 11) is 0. The fourth-order valence-corrected chi connectivity index (χ4v) is 3.41. The number of ether oxygens (including phenoxy) is 2. The first-order valence-corrected chi connectivity index (χ1v) is 10.1. The van der Waals surface area contributed by atoms with E-state index in [-0.39, 0.29) is 18.6 Å². The topological polar surface area (TPSA) is 52.0 Å². The van der Waals surface area contributed by atoms with Crippen LogP contribution >= 0.6 is 11.6 Å². The Labute approximate surface area is 171 Å². The monoisotopic (exact) mass is 403 g/mol. The number of rotatable bonds is 7. The van der Waals surface area contributed by atoms with Gasteiger partial charge in [-0.15, -0.1) is 0 Å². The number of hydrogen-bond acceptors (Lipinski definition) is 3. The molecule has 2 aromatic rings. The van der Waals surface area contributed by atoms with Crippen molar-refractivity contribution < 1.29 is 19.2 Å². The van der Waals surface area contributed by atoms with Crippen LogP contribution in [-0.2, 0) is 9.53 Å². The summed E-state index contributed by atoms with van der Waals surface area (Å²) in [6.07, 6.45) is 0. The molecule has 0 aromatic heterocycles. The Morgan fingerprint density at radius 3 is 2.57 bits per heavy atom. The molecule has 0 radical (unpaired) electrons. The standard InChI is InChI=1S/C22H27ClN2O3/c1-16-3-5-18(6-4-16)21(14-25-9-11-27-12-10-25)24-22(26)15-28-19-7-8-20(23)17(2)13-19/h3-8,13,21H,9-12,14-15H2,1-2H3,(H,24,26)/p+1/t21-/m0/s1. The van der Waals surface area contributed by atoms with Crippen molar-refractivity contribution in [3.63, 3.8) is 0 Å². The molecule has 3 rings (SSSR count). The second-order valence-electron chi connectivity index (χ2n) is 7.30. The van der Waals surface area contributed by atoms with Gasteiger partial charge in [0.2, 0.25) is 0 Å². The van der Waals surface area contributed by atoms with E-state index in [0.717, 1.165) is 44.0 Å². The first-order valence-electron chi connectivity index (χ1n) is 9.67. The van der Waals surface area contributed by atoms with E-state index in [1.165, 1.54) is 10.5 Å². The molecule has 1 amide bonds. The van der Waals surface area contributed by atoms with Crippen LogP contribution in [0.2, 0.25) is 5.02 Å². The van der Waals surface area contributed by atoms with Crippen molar-refractivity contribution in [3.05, 3.63) is 64.2 Å². The molecule has 0 unspecified atom stereocenters. The maximum atomic E-state index is 12.6. The summed E-state index contributed by atoms with van der Waals surface area (Å²) in [6, 6.07) is 13.7. The summed E-state index contributed by atoms with van der Waals surface area (Å²) in [5.41, 5.74) is 3.24. The number of quaternary nitrogens is 1. The molecule has 0 spiro atoms. The molecular weight excluding hydrogens is 376 g/mol. The van der Waals surface area contributed by atoms with Crippen LogP contribution in [-0.4, -0.2) is 45.4 Å². The number of aryl methyl sites for hydroxylation is 2. The third-order valence-electron chi connectivity index (χ3n) is 5.01. The first kappa shape index (κ1) is 20.6. The van der Waals surface area contributed by atoms with Crippen LogP contribution in [0, 0.1) is 13.8 Å². The zero-order chi connectivity index (χ0) is 19.9. The Morgan fingerprint density at radius 1 is 1.18 bits per heavy atom. The molecule has 1 aliphatic rings. The summed E-state index contributed by atoms with van der Waals surface area (Å²) in [6.45, 7) is 8.23. The lowest BCUT2D eigenvalue weighted by Gasteiger charge is -2.28. The zero-order valence-electron chi connectivity index (χ0n) is 16.5. The lowest BCUT2D eigenvalue weighted by molar-refractivity contribution is -0.909. The predicted octanol–water partition coefficient (Wildman–Crippen LogP) is 2.11. The molecule has 0 aliphatic carbocycles. The van der Waals surface area contributed by atoms with Crippen LogP contribution in [0.15, 0.2) is 42.5 Å². The molecule has 6 heteroatoms. The summed E-state index contributed by atoms with van der Waals surface area (Å²) >= 11 is 6.04. The Kier molecular flexibility index (Phi) is 7.31. The van der Waals surface area contributed by atoms with Crippen molar-refractivity contribution in [1.82, 2.24) is 5.32 Å². The maximum absolute atomic E-state index is 12.6. The number of amides is 1. The molecule has 0 bridgehead atoms. The van der Waals surface area contributed by atoms with Gasteiger partial charge < -0.3 is 19.7 Å². The predicted molar refractivity (Wildman–Crippen MR) is 110 cm³/mol. The molecule has 150 valence electrons. The van der Waals surface area contributed by atoms with Crippen LogP contribution in [0.4, 0.5) is 0 Å². The van der Waals surface area contributed by atoms with Crippen molar-refractivity contribution >= 4 is 17.5 Å². The van der Waals surface area contributed by atoms with Crippen LogP contribution in [0.1, 0.15) is 22.7 Å². The van der Waals surface area contributed by atoms with Gasteiger partial charge in [-0.2, -0.15) is 0 Å². The SMILES string of the molecule is Cc1ccc([C@H](C[NH+]2CCOCC2)NC(=O)COc2ccc(Cl)c(C)c2)cc1. The first-order chi connectivity index (χ1) is 13.5. The Balaban J connectivity index is 1.62. The normalized spacial score (nSPS) is 15.8. The van der Waals surface area contributed by atoms with Crippen LogP contribution in [0.25, 0.3) is 0 Å². The maximum Gasteiger partial charge on any atom is 0.258 e. The van der Waals surface area contributed by atoms with E-state index in [1.807, 2.05) is 13.0 Å².